The number of benzene rings is 1. The second kappa shape index (κ2) is 5.84. The molecule has 106 valence electrons. The second-order valence-corrected chi connectivity index (χ2v) is 7.28. The zero-order valence-corrected chi connectivity index (χ0v) is 14.0. The van der Waals surface area contributed by atoms with Crippen LogP contribution in [-0.2, 0) is 0 Å². The van der Waals surface area contributed by atoms with Crippen LogP contribution in [0.2, 0.25) is 0 Å². The number of hydrogen-bond donors (Lipinski definition) is 1. The first kappa shape index (κ1) is 14.9. The Hall–Kier alpha value is -0.540. The molecule has 0 aromatic heterocycles. The van der Waals surface area contributed by atoms with Gasteiger partial charge in [0.15, 0.2) is 0 Å². The first-order chi connectivity index (χ1) is 8.93. The molecular weight excluding hydrogens is 300 g/mol. The molecule has 1 saturated heterocycles. The Kier molecular flexibility index (Phi) is 4.57. The molecule has 19 heavy (non-hydrogen) atoms. The largest absolute Gasteiger partial charge is 0.371 e. The van der Waals surface area contributed by atoms with Crippen molar-refractivity contribution in [3.8, 4) is 0 Å². The molecule has 0 amide bonds. The monoisotopic (exact) mass is 324 g/mol. The average Bonchev–Trinajstić information content (AvgIpc) is 2.38. The van der Waals surface area contributed by atoms with Crippen LogP contribution in [0.15, 0.2) is 22.7 Å². The fourth-order valence-electron chi connectivity index (χ4n) is 2.67. The van der Waals surface area contributed by atoms with Crippen LogP contribution in [0.5, 0.6) is 0 Å². The molecule has 1 unspecified atom stereocenters. The van der Waals surface area contributed by atoms with E-state index in [0.29, 0.717) is 11.5 Å². The summed E-state index contributed by atoms with van der Waals surface area (Å²) in [4.78, 5) is 2.54. The molecule has 0 spiro atoms. The molecule has 1 aliphatic rings. The summed E-state index contributed by atoms with van der Waals surface area (Å²) in [5.74, 6) is 0. The predicted octanol–water partition coefficient (Wildman–Crippen LogP) is 4.36. The maximum Gasteiger partial charge on any atom is 0.0425 e. The smallest absolute Gasteiger partial charge is 0.0425 e. The van der Waals surface area contributed by atoms with Crippen LogP contribution in [0.4, 0.5) is 5.69 Å². The predicted molar refractivity (Wildman–Crippen MR) is 86.8 cm³/mol. The fraction of sp³-hybridized carbons (Fsp3) is 0.625. The lowest BCUT2D eigenvalue weighted by atomic mass is 9.82. The summed E-state index contributed by atoms with van der Waals surface area (Å²) >= 11 is 3.61. The highest BCUT2D eigenvalue weighted by Crippen LogP contribution is 2.36. The van der Waals surface area contributed by atoms with Crippen LogP contribution >= 0.6 is 15.9 Å². The molecule has 0 bridgehead atoms. The van der Waals surface area contributed by atoms with Crippen LogP contribution in [0.25, 0.3) is 0 Å². The quantitative estimate of drug-likeness (QED) is 0.888. The Morgan fingerprint density at radius 2 is 1.89 bits per heavy atom. The summed E-state index contributed by atoms with van der Waals surface area (Å²) in [5, 5.41) is 3.35. The van der Waals surface area contributed by atoms with Gasteiger partial charge in [-0.3, -0.25) is 0 Å². The van der Waals surface area contributed by atoms with Gasteiger partial charge in [-0.05, 0) is 49.9 Å². The van der Waals surface area contributed by atoms with Gasteiger partial charge in [0.05, 0.1) is 0 Å². The molecule has 1 fully saturated rings. The van der Waals surface area contributed by atoms with E-state index in [1.807, 2.05) is 7.05 Å². The lowest BCUT2D eigenvalue weighted by molar-refractivity contribution is 0.279. The van der Waals surface area contributed by atoms with Crippen molar-refractivity contribution in [2.45, 2.75) is 39.7 Å². The first-order valence-electron chi connectivity index (χ1n) is 7.14. The van der Waals surface area contributed by atoms with E-state index < -0.39 is 0 Å². The van der Waals surface area contributed by atoms with Gasteiger partial charge in [0.25, 0.3) is 0 Å². The summed E-state index contributed by atoms with van der Waals surface area (Å²) in [7, 11) is 2.02. The fourth-order valence-corrected chi connectivity index (χ4v) is 3.01. The Morgan fingerprint density at radius 3 is 2.47 bits per heavy atom. The van der Waals surface area contributed by atoms with Crippen molar-refractivity contribution in [2.24, 2.45) is 5.41 Å². The van der Waals surface area contributed by atoms with E-state index in [1.54, 1.807) is 0 Å². The van der Waals surface area contributed by atoms with Crippen LogP contribution in [0, 0.1) is 5.41 Å². The van der Waals surface area contributed by atoms with Gasteiger partial charge in [-0.1, -0.05) is 35.8 Å². The van der Waals surface area contributed by atoms with Gasteiger partial charge < -0.3 is 10.2 Å². The van der Waals surface area contributed by atoms with Gasteiger partial charge in [-0.25, -0.2) is 0 Å². The third kappa shape index (κ3) is 3.51. The minimum atomic E-state index is 0.387. The molecule has 2 rings (SSSR count). The molecule has 0 saturated carbocycles. The Bertz CT molecular complexity index is 432. The van der Waals surface area contributed by atoms with Crippen molar-refractivity contribution in [3.05, 3.63) is 28.2 Å². The molecular formula is C16H25BrN2. The van der Waals surface area contributed by atoms with Gasteiger partial charge in [0.2, 0.25) is 0 Å². The van der Waals surface area contributed by atoms with Crippen molar-refractivity contribution in [2.75, 3.05) is 25.0 Å². The maximum absolute atomic E-state index is 3.61. The molecule has 1 heterocycles. The molecule has 0 aliphatic carbocycles. The maximum atomic E-state index is 3.61. The van der Waals surface area contributed by atoms with Gasteiger partial charge in [0.1, 0.15) is 0 Å². The van der Waals surface area contributed by atoms with Gasteiger partial charge >= 0.3 is 0 Å². The van der Waals surface area contributed by atoms with Crippen molar-refractivity contribution < 1.29 is 0 Å². The minimum absolute atomic E-state index is 0.387. The molecule has 1 aliphatic heterocycles. The second-order valence-electron chi connectivity index (χ2n) is 6.36. The number of nitrogens with zero attached hydrogens (tertiary/aromatic N) is 1. The summed E-state index contributed by atoms with van der Waals surface area (Å²) in [5.41, 5.74) is 3.27. The molecule has 1 aromatic rings. The highest BCUT2D eigenvalue weighted by Gasteiger charge is 2.27. The van der Waals surface area contributed by atoms with Gasteiger partial charge in [0, 0.05) is 29.3 Å². The third-order valence-electron chi connectivity index (χ3n) is 4.35. The van der Waals surface area contributed by atoms with Crippen molar-refractivity contribution >= 4 is 21.6 Å². The van der Waals surface area contributed by atoms with E-state index >= 15 is 0 Å². The zero-order chi connectivity index (χ0) is 14.0. The normalized spacial score (nSPS) is 20.4. The summed E-state index contributed by atoms with van der Waals surface area (Å²) in [6, 6.07) is 7.03. The van der Waals surface area contributed by atoms with Crippen LogP contribution in [-0.4, -0.2) is 20.1 Å². The van der Waals surface area contributed by atoms with E-state index in [4.69, 9.17) is 0 Å². The lowest BCUT2D eigenvalue weighted by Gasteiger charge is -2.39. The summed E-state index contributed by atoms with van der Waals surface area (Å²) in [6.07, 6.45) is 2.54. The molecule has 0 radical (unpaired) electrons. The zero-order valence-electron chi connectivity index (χ0n) is 12.5. The Labute approximate surface area is 125 Å². The number of nitrogens with one attached hydrogen (secondary N) is 1. The third-order valence-corrected chi connectivity index (χ3v) is 4.84. The summed E-state index contributed by atoms with van der Waals surface area (Å²) in [6.45, 7) is 9.30. The van der Waals surface area contributed by atoms with Crippen LogP contribution < -0.4 is 10.2 Å². The molecule has 1 atom stereocenters. The van der Waals surface area contributed by atoms with Gasteiger partial charge in [-0.2, -0.15) is 0 Å². The Morgan fingerprint density at radius 1 is 1.26 bits per heavy atom. The lowest BCUT2D eigenvalue weighted by Crippen LogP contribution is -2.38. The molecule has 1 aromatic carbocycles. The standard InChI is InChI=1S/C16H25BrN2/c1-12(18-4)14-6-5-13(17)11-15(14)19-9-7-16(2,3)8-10-19/h5-6,11-12,18H,7-10H2,1-4H3. The number of piperidine rings is 1. The average molecular weight is 325 g/mol. The number of hydrogen-bond acceptors (Lipinski definition) is 2. The highest BCUT2D eigenvalue weighted by atomic mass is 79.9. The van der Waals surface area contributed by atoms with Crippen molar-refractivity contribution in [3.63, 3.8) is 0 Å². The minimum Gasteiger partial charge on any atom is -0.371 e. The van der Waals surface area contributed by atoms with Crippen molar-refractivity contribution in [1.29, 1.82) is 0 Å². The van der Waals surface area contributed by atoms with Crippen molar-refractivity contribution in [1.82, 2.24) is 5.32 Å². The molecule has 2 nitrogen and oxygen atoms in total. The Balaban J connectivity index is 2.26. The van der Waals surface area contributed by atoms with Crippen LogP contribution in [0.1, 0.15) is 45.2 Å². The van der Waals surface area contributed by atoms with E-state index in [1.165, 1.54) is 28.6 Å². The topological polar surface area (TPSA) is 15.3 Å². The molecule has 1 N–H and O–H groups in total. The summed E-state index contributed by atoms with van der Waals surface area (Å²) < 4.78 is 1.17. The number of halogens is 1. The van der Waals surface area contributed by atoms with Gasteiger partial charge in [-0.15, -0.1) is 0 Å². The number of rotatable bonds is 3. The highest BCUT2D eigenvalue weighted by molar-refractivity contribution is 9.10. The van der Waals surface area contributed by atoms with E-state index in [9.17, 15) is 0 Å². The van der Waals surface area contributed by atoms with E-state index in [-0.39, 0.29) is 0 Å². The SMILES string of the molecule is CNC(C)c1ccc(Br)cc1N1CCC(C)(C)CC1. The molecule has 3 heteroatoms. The number of anilines is 1. The first-order valence-corrected chi connectivity index (χ1v) is 7.94. The van der Waals surface area contributed by atoms with E-state index in [0.717, 1.165) is 13.1 Å². The van der Waals surface area contributed by atoms with E-state index in [2.05, 4.69) is 65.1 Å². The van der Waals surface area contributed by atoms with Crippen LogP contribution in [0.3, 0.4) is 0 Å².